The fourth-order valence-electron chi connectivity index (χ4n) is 2.70. The average Bonchev–Trinajstić information content (AvgIpc) is 2.88. The smallest absolute Gasteiger partial charge is 0.206 e. The minimum absolute atomic E-state index is 0.0190. The zero-order valence-electron chi connectivity index (χ0n) is 21.7. The number of alkyl halides is 1. The van der Waals surface area contributed by atoms with E-state index < -0.39 is 5.00 Å². The quantitative estimate of drug-likeness (QED) is 0.192. The maximum Gasteiger partial charge on any atom is 0.206 e. The number of hydrogen-bond donors (Lipinski definition) is 0. The lowest BCUT2D eigenvalue weighted by molar-refractivity contribution is 0.112. The molecule has 0 aliphatic rings. The van der Waals surface area contributed by atoms with Gasteiger partial charge >= 0.3 is 0 Å². The second-order valence-corrected chi connectivity index (χ2v) is 8.61. The van der Waals surface area contributed by atoms with E-state index in [4.69, 9.17) is 0 Å². The molecule has 188 valence electrons. The van der Waals surface area contributed by atoms with Crippen LogP contribution in [0.25, 0.3) is 0 Å². The molecule has 0 radical (unpaired) electrons. The molecule has 0 saturated carbocycles. The molecule has 2 aromatic carbocycles. The number of nitrogens with zero attached hydrogens (tertiary/aromatic N) is 2. The van der Waals surface area contributed by atoms with Crippen LogP contribution in [0, 0.1) is 6.92 Å². The number of carbonyl (C=O) groups excluding carboxylic acids is 1. The molecule has 6 heteroatoms. The molecule has 0 bridgehead atoms. The average molecular weight is 491 g/mol. The van der Waals surface area contributed by atoms with Crippen LogP contribution in [0.1, 0.15) is 68.6 Å². The monoisotopic (exact) mass is 490 g/mol. The molecular weight excluding hydrogens is 450 g/mol. The number of carbonyl (C=O) groups is 1. The molecule has 0 aliphatic heterocycles. The van der Waals surface area contributed by atoms with E-state index in [1.54, 1.807) is 31.2 Å². The minimum atomic E-state index is -2.12. The Hall–Kier alpha value is -2.31. The van der Waals surface area contributed by atoms with E-state index >= 15 is 0 Å². The van der Waals surface area contributed by atoms with Crippen LogP contribution in [0.15, 0.2) is 65.7 Å². The van der Waals surface area contributed by atoms with E-state index in [2.05, 4.69) is 61.5 Å². The predicted molar refractivity (Wildman–Crippen MR) is 145 cm³/mol. The number of hydrogen-bond acceptors (Lipinski definition) is 4. The molecule has 3 nitrogen and oxygen atoms in total. The minimum Gasteiger partial charge on any atom is -0.300 e. The molecule has 0 saturated heterocycles. The van der Waals surface area contributed by atoms with Gasteiger partial charge in [-0.25, -0.2) is 4.39 Å². The van der Waals surface area contributed by atoms with Crippen molar-refractivity contribution < 1.29 is 13.1 Å². The Morgan fingerprint density at radius 1 is 1.09 bits per heavy atom. The van der Waals surface area contributed by atoms with Crippen molar-refractivity contribution in [3.8, 4) is 0 Å². The van der Waals surface area contributed by atoms with Crippen molar-refractivity contribution in [1.82, 2.24) is 4.90 Å². The largest absolute Gasteiger partial charge is 0.300 e. The third kappa shape index (κ3) is 11.7. The third-order valence-electron chi connectivity index (χ3n) is 5.17. The Kier molecular flexibility index (Phi) is 16.0. The summed E-state index contributed by atoms with van der Waals surface area (Å²) >= 11 is -0.387. The van der Waals surface area contributed by atoms with Crippen molar-refractivity contribution in [3.05, 3.63) is 82.9 Å². The number of aliphatic imine (C=N–C) groups is 1. The molecule has 34 heavy (non-hydrogen) atoms. The summed E-state index contributed by atoms with van der Waals surface area (Å²) in [5.41, 5.74) is 4.90. The van der Waals surface area contributed by atoms with Crippen LogP contribution in [0.3, 0.4) is 0 Å². The summed E-state index contributed by atoms with van der Waals surface area (Å²) in [6.45, 7) is 20.3. The first-order valence-corrected chi connectivity index (χ1v) is 12.4. The molecule has 1 atom stereocenters. The van der Waals surface area contributed by atoms with Gasteiger partial charge in [-0.2, -0.15) is 3.89 Å². The van der Waals surface area contributed by atoms with Crippen LogP contribution < -0.4 is 0 Å². The van der Waals surface area contributed by atoms with Gasteiger partial charge in [0.2, 0.25) is 5.00 Å². The highest BCUT2D eigenvalue weighted by Crippen LogP contribution is 2.34. The lowest BCUT2D eigenvalue weighted by Crippen LogP contribution is -2.21. The van der Waals surface area contributed by atoms with Crippen LogP contribution in [-0.4, -0.2) is 41.5 Å². The predicted octanol–water partition coefficient (Wildman–Crippen LogP) is 8.03. The van der Waals surface area contributed by atoms with E-state index in [0.29, 0.717) is 11.3 Å². The van der Waals surface area contributed by atoms with E-state index in [-0.39, 0.29) is 24.3 Å². The standard InChI is InChI=1S/C14H15F2NOS.C12H19N.C2H6/c1-10(14(3,15)19-16)8-17-11(2)13-6-4-12(9-18)5-7-13;1-4-13(5-2)10-12-8-6-11(3)7-9-12;1-2/h4-7,9H,1,8H2,2-3H3;6-9H,4-5,10H2,1-3H3;1-2H3. The van der Waals surface area contributed by atoms with Crippen molar-refractivity contribution in [3.63, 3.8) is 0 Å². The van der Waals surface area contributed by atoms with Gasteiger partial charge in [-0.1, -0.05) is 88.4 Å². The summed E-state index contributed by atoms with van der Waals surface area (Å²) in [6, 6.07) is 15.6. The van der Waals surface area contributed by atoms with Gasteiger partial charge in [-0.3, -0.25) is 14.7 Å². The molecule has 0 amide bonds. The van der Waals surface area contributed by atoms with Crippen LogP contribution >= 0.6 is 12.1 Å². The first-order valence-electron chi connectivity index (χ1n) is 11.7. The summed E-state index contributed by atoms with van der Waals surface area (Å²) in [5, 5.41) is -2.12. The van der Waals surface area contributed by atoms with Gasteiger partial charge in [0.25, 0.3) is 0 Å². The van der Waals surface area contributed by atoms with E-state index in [1.807, 2.05) is 13.8 Å². The van der Waals surface area contributed by atoms with Crippen LogP contribution in [0.4, 0.5) is 8.28 Å². The number of rotatable bonds is 10. The van der Waals surface area contributed by atoms with Gasteiger partial charge in [0, 0.05) is 17.8 Å². The topological polar surface area (TPSA) is 32.7 Å². The molecule has 0 N–H and O–H groups in total. The van der Waals surface area contributed by atoms with Gasteiger partial charge in [0.05, 0.1) is 18.7 Å². The Morgan fingerprint density at radius 2 is 1.62 bits per heavy atom. The fourth-order valence-corrected chi connectivity index (χ4v) is 2.88. The van der Waals surface area contributed by atoms with Crippen molar-refractivity contribution in [2.75, 3.05) is 19.6 Å². The fraction of sp³-hybridized carbons (Fsp3) is 0.429. The summed E-state index contributed by atoms with van der Waals surface area (Å²) in [6.07, 6.45) is 0.755. The number of benzene rings is 2. The Bertz CT molecular complexity index is 874. The number of aryl methyl sites for hydroxylation is 1. The highest BCUT2D eigenvalue weighted by atomic mass is 32.2. The zero-order valence-corrected chi connectivity index (χ0v) is 22.5. The van der Waals surface area contributed by atoms with Crippen LogP contribution in [0.5, 0.6) is 0 Å². The lowest BCUT2D eigenvalue weighted by atomic mass is 10.1. The normalized spacial score (nSPS) is 12.6. The van der Waals surface area contributed by atoms with Crippen molar-refractivity contribution in [1.29, 1.82) is 0 Å². The Balaban J connectivity index is 0.000000633. The van der Waals surface area contributed by atoms with E-state index in [1.165, 1.54) is 11.1 Å². The summed E-state index contributed by atoms with van der Waals surface area (Å²) in [4.78, 5) is 17.1. The number of aldehydes is 1. The second-order valence-electron chi connectivity index (χ2n) is 7.69. The molecule has 0 fully saturated rings. The number of halogens is 2. The second kappa shape index (κ2) is 17.2. The van der Waals surface area contributed by atoms with Crippen LogP contribution in [0.2, 0.25) is 0 Å². The van der Waals surface area contributed by atoms with Gasteiger partial charge in [-0.05, 0) is 50.6 Å². The molecular formula is C28H40F2N2OS. The Morgan fingerprint density at radius 3 is 2.06 bits per heavy atom. The van der Waals surface area contributed by atoms with Gasteiger partial charge in [0.15, 0.2) is 0 Å². The first kappa shape index (κ1) is 31.7. The van der Waals surface area contributed by atoms with E-state index in [0.717, 1.165) is 38.4 Å². The molecule has 2 rings (SSSR count). The van der Waals surface area contributed by atoms with Crippen molar-refractivity contribution in [2.24, 2.45) is 4.99 Å². The van der Waals surface area contributed by atoms with Gasteiger partial charge in [-0.15, -0.1) is 0 Å². The maximum absolute atomic E-state index is 13.5. The lowest BCUT2D eigenvalue weighted by Gasteiger charge is -2.17. The van der Waals surface area contributed by atoms with Crippen LogP contribution in [-0.2, 0) is 6.54 Å². The summed E-state index contributed by atoms with van der Waals surface area (Å²) in [5.74, 6) is 0. The summed E-state index contributed by atoms with van der Waals surface area (Å²) in [7, 11) is 0. The molecule has 0 spiro atoms. The zero-order chi connectivity index (χ0) is 26.1. The highest BCUT2D eigenvalue weighted by molar-refractivity contribution is 7.95. The maximum atomic E-state index is 13.5. The highest BCUT2D eigenvalue weighted by Gasteiger charge is 2.28. The van der Waals surface area contributed by atoms with Gasteiger partial charge in [0.1, 0.15) is 6.29 Å². The van der Waals surface area contributed by atoms with E-state index in [9.17, 15) is 13.1 Å². The SMILES string of the molecule is C=C(CN=C(C)c1ccc(C=O)cc1)C(C)(F)SF.CC.CCN(CC)Cc1ccc(C)cc1. The summed E-state index contributed by atoms with van der Waals surface area (Å²) < 4.78 is 25.9. The molecule has 0 heterocycles. The van der Waals surface area contributed by atoms with Gasteiger partial charge < -0.3 is 0 Å². The molecule has 2 aromatic rings. The molecule has 0 aliphatic carbocycles. The molecule has 1 unspecified atom stereocenters. The Labute approximate surface area is 209 Å². The van der Waals surface area contributed by atoms with Crippen molar-refractivity contribution in [2.45, 2.75) is 60.0 Å². The third-order valence-corrected chi connectivity index (χ3v) is 5.75. The first-order chi connectivity index (χ1) is 16.2. The van der Waals surface area contributed by atoms with Crippen molar-refractivity contribution >= 4 is 24.1 Å². The molecule has 0 aromatic heterocycles.